The van der Waals surface area contributed by atoms with E-state index in [-0.39, 0.29) is 5.91 Å². The van der Waals surface area contributed by atoms with Crippen molar-refractivity contribution in [2.24, 2.45) is 0 Å². The molecule has 5 heteroatoms. The lowest BCUT2D eigenvalue weighted by Gasteiger charge is -2.09. The van der Waals surface area contributed by atoms with E-state index >= 15 is 0 Å². The molecule has 0 aliphatic carbocycles. The summed E-state index contributed by atoms with van der Waals surface area (Å²) in [6.45, 7) is 1.06. The Balaban J connectivity index is 2.13. The highest BCUT2D eigenvalue weighted by Crippen LogP contribution is 2.14. The molecular formula is C10H16N2O2S. The van der Waals surface area contributed by atoms with Gasteiger partial charge in [-0.25, -0.2) is 0 Å². The third-order valence-electron chi connectivity index (χ3n) is 2.07. The maximum absolute atomic E-state index is 10.9. The highest BCUT2D eigenvalue weighted by atomic mass is 32.1. The first-order chi connectivity index (χ1) is 7.24. The summed E-state index contributed by atoms with van der Waals surface area (Å²) in [7, 11) is 1.61. The van der Waals surface area contributed by atoms with Gasteiger partial charge in [0.2, 0.25) is 5.91 Å². The Morgan fingerprint density at radius 1 is 1.67 bits per heavy atom. The number of nitrogens with one attached hydrogen (secondary N) is 2. The summed E-state index contributed by atoms with van der Waals surface area (Å²) < 4.78 is 0. The molecule has 0 fully saturated rings. The Morgan fingerprint density at radius 2 is 2.47 bits per heavy atom. The van der Waals surface area contributed by atoms with Crippen molar-refractivity contribution in [3.05, 3.63) is 22.4 Å². The van der Waals surface area contributed by atoms with Crippen LogP contribution < -0.4 is 10.6 Å². The molecule has 0 radical (unpaired) electrons. The van der Waals surface area contributed by atoms with E-state index in [4.69, 9.17) is 0 Å². The van der Waals surface area contributed by atoms with Gasteiger partial charge >= 0.3 is 0 Å². The largest absolute Gasteiger partial charge is 0.387 e. The van der Waals surface area contributed by atoms with E-state index in [1.807, 2.05) is 16.8 Å². The molecule has 1 heterocycles. The number of hydrogen-bond acceptors (Lipinski definition) is 4. The zero-order valence-corrected chi connectivity index (χ0v) is 9.51. The molecule has 84 valence electrons. The molecule has 1 unspecified atom stereocenters. The average molecular weight is 228 g/mol. The molecule has 1 amide bonds. The lowest BCUT2D eigenvalue weighted by Crippen LogP contribution is -2.27. The second-order valence-corrected chi connectivity index (χ2v) is 3.98. The summed E-state index contributed by atoms with van der Waals surface area (Å²) in [6.07, 6.45) is -0.0479. The van der Waals surface area contributed by atoms with Crippen LogP contribution in [-0.2, 0) is 4.79 Å². The van der Waals surface area contributed by atoms with E-state index in [9.17, 15) is 9.90 Å². The molecule has 1 aromatic heterocycles. The molecule has 0 aliphatic heterocycles. The fraction of sp³-hybridized carbons (Fsp3) is 0.500. The van der Waals surface area contributed by atoms with Crippen LogP contribution in [0, 0.1) is 0 Å². The van der Waals surface area contributed by atoms with Gasteiger partial charge in [-0.3, -0.25) is 4.79 Å². The molecule has 1 atom stereocenters. The normalized spacial score (nSPS) is 12.4. The molecule has 0 saturated carbocycles. The number of amides is 1. The Labute approximate surface area is 93.3 Å². The van der Waals surface area contributed by atoms with Crippen LogP contribution in [0.4, 0.5) is 0 Å². The van der Waals surface area contributed by atoms with Crippen LogP contribution in [0.1, 0.15) is 18.1 Å². The zero-order valence-electron chi connectivity index (χ0n) is 8.69. The van der Waals surface area contributed by atoms with Crippen LogP contribution in [-0.4, -0.2) is 31.2 Å². The van der Waals surface area contributed by atoms with Crippen LogP contribution in [0.25, 0.3) is 0 Å². The van der Waals surface area contributed by atoms with Gasteiger partial charge in [-0.05, 0) is 22.4 Å². The van der Waals surface area contributed by atoms with Crippen LogP contribution in [0.3, 0.4) is 0 Å². The predicted molar refractivity (Wildman–Crippen MR) is 60.8 cm³/mol. The lowest BCUT2D eigenvalue weighted by molar-refractivity contribution is -0.120. The van der Waals surface area contributed by atoms with Gasteiger partial charge in [0, 0.05) is 26.6 Å². The van der Waals surface area contributed by atoms with Crippen molar-refractivity contribution in [2.45, 2.75) is 12.5 Å². The number of rotatable bonds is 6. The van der Waals surface area contributed by atoms with Crippen molar-refractivity contribution in [2.75, 3.05) is 20.1 Å². The number of carbonyl (C=O) groups is 1. The van der Waals surface area contributed by atoms with Gasteiger partial charge in [-0.1, -0.05) is 0 Å². The summed E-state index contributed by atoms with van der Waals surface area (Å²) in [6, 6.07) is 1.90. The van der Waals surface area contributed by atoms with Gasteiger partial charge in [-0.15, -0.1) is 0 Å². The average Bonchev–Trinajstić information content (AvgIpc) is 2.77. The van der Waals surface area contributed by atoms with Gasteiger partial charge in [0.15, 0.2) is 0 Å². The summed E-state index contributed by atoms with van der Waals surface area (Å²) in [5.41, 5.74) is 0.924. The van der Waals surface area contributed by atoms with Gasteiger partial charge in [0.05, 0.1) is 6.10 Å². The van der Waals surface area contributed by atoms with E-state index in [2.05, 4.69) is 10.6 Å². The summed E-state index contributed by atoms with van der Waals surface area (Å²) in [4.78, 5) is 10.9. The topological polar surface area (TPSA) is 61.4 Å². The summed E-state index contributed by atoms with van der Waals surface area (Å²) in [5.74, 6) is 0.00697. The smallest absolute Gasteiger partial charge is 0.221 e. The minimum atomic E-state index is -0.485. The number of thiophene rings is 1. The van der Waals surface area contributed by atoms with E-state index in [1.54, 1.807) is 18.4 Å². The molecule has 1 aromatic rings. The van der Waals surface area contributed by atoms with E-state index in [0.29, 0.717) is 19.5 Å². The number of hydrogen-bond donors (Lipinski definition) is 3. The molecule has 4 nitrogen and oxygen atoms in total. The first kappa shape index (κ1) is 12.2. The van der Waals surface area contributed by atoms with Gasteiger partial charge < -0.3 is 15.7 Å². The van der Waals surface area contributed by atoms with Gasteiger partial charge in [0.25, 0.3) is 0 Å². The molecule has 15 heavy (non-hydrogen) atoms. The lowest BCUT2D eigenvalue weighted by atomic mass is 10.2. The fourth-order valence-corrected chi connectivity index (χ4v) is 1.86. The van der Waals surface area contributed by atoms with Crippen LogP contribution in [0.5, 0.6) is 0 Å². The molecular weight excluding hydrogens is 212 g/mol. The molecule has 0 aliphatic rings. The molecule has 0 aromatic carbocycles. The number of carbonyl (C=O) groups excluding carboxylic acids is 1. The standard InChI is InChI=1S/C10H16N2O2S/c1-11-10(14)2-4-12-6-9(13)8-3-5-15-7-8/h3,5,7,9,12-13H,2,4,6H2,1H3,(H,11,14). The van der Waals surface area contributed by atoms with Crippen molar-refractivity contribution in [1.82, 2.24) is 10.6 Å². The van der Waals surface area contributed by atoms with Crippen molar-refractivity contribution in [1.29, 1.82) is 0 Å². The quantitative estimate of drug-likeness (QED) is 0.622. The van der Waals surface area contributed by atoms with Crippen molar-refractivity contribution in [3.63, 3.8) is 0 Å². The zero-order chi connectivity index (χ0) is 11.1. The Bertz CT molecular complexity index is 288. The molecule has 0 spiro atoms. The first-order valence-corrected chi connectivity index (χ1v) is 5.79. The SMILES string of the molecule is CNC(=O)CCNCC(O)c1ccsc1. The minimum absolute atomic E-state index is 0.00697. The van der Waals surface area contributed by atoms with Gasteiger partial charge in [0.1, 0.15) is 0 Å². The van der Waals surface area contributed by atoms with E-state index in [1.165, 1.54) is 0 Å². The van der Waals surface area contributed by atoms with Crippen LogP contribution in [0.2, 0.25) is 0 Å². The second-order valence-electron chi connectivity index (χ2n) is 3.20. The van der Waals surface area contributed by atoms with Crippen LogP contribution >= 0.6 is 11.3 Å². The van der Waals surface area contributed by atoms with Crippen molar-refractivity contribution < 1.29 is 9.90 Å². The maximum Gasteiger partial charge on any atom is 0.221 e. The highest BCUT2D eigenvalue weighted by molar-refractivity contribution is 7.07. The third kappa shape index (κ3) is 4.42. The number of aliphatic hydroxyl groups excluding tert-OH is 1. The predicted octanol–water partition coefficient (Wildman–Crippen LogP) is 0.507. The van der Waals surface area contributed by atoms with Crippen LogP contribution in [0.15, 0.2) is 16.8 Å². The maximum atomic E-state index is 10.9. The summed E-state index contributed by atoms with van der Waals surface area (Å²) in [5, 5.41) is 19.1. The third-order valence-corrected chi connectivity index (χ3v) is 2.77. The number of aliphatic hydroxyl groups is 1. The Kier molecular flexibility index (Phi) is 5.31. The summed E-state index contributed by atoms with van der Waals surface area (Å²) >= 11 is 1.56. The molecule has 3 N–H and O–H groups in total. The fourth-order valence-electron chi connectivity index (χ4n) is 1.15. The molecule has 0 saturated heterocycles. The van der Waals surface area contributed by atoms with Gasteiger partial charge in [-0.2, -0.15) is 11.3 Å². The molecule has 0 bridgehead atoms. The van der Waals surface area contributed by atoms with E-state index in [0.717, 1.165) is 5.56 Å². The Morgan fingerprint density at radius 3 is 3.07 bits per heavy atom. The molecule has 1 rings (SSSR count). The highest BCUT2D eigenvalue weighted by Gasteiger charge is 2.06. The second kappa shape index (κ2) is 6.55. The van der Waals surface area contributed by atoms with Crippen molar-refractivity contribution >= 4 is 17.2 Å². The Hall–Kier alpha value is -0.910. The monoisotopic (exact) mass is 228 g/mol. The van der Waals surface area contributed by atoms with E-state index < -0.39 is 6.10 Å². The van der Waals surface area contributed by atoms with Crippen molar-refractivity contribution in [3.8, 4) is 0 Å². The first-order valence-electron chi connectivity index (χ1n) is 4.85. The minimum Gasteiger partial charge on any atom is -0.387 e.